The van der Waals surface area contributed by atoms with E-state index in [1.54, 1.807) is 24.3 Å². The van der Waals surface area contributed by atoms with Crippen LogP contribution < -0.4 is 15.6 Å². The molecule has 142 valence electrons. The maximum Gasteiger partial charge on any atom is 0.276 e. The first-order valence-electron chi connectivity index (χ1n) is 8.66. The highest BCUT2D eigenvalue weighted by Gasteiger charge is 2.09. The Kier molecular flexibility index (Phi) is 6.45. The Balaban J connectivity index is 1.47. The molecule has 0 aliphatic heterocycles. The van der Waals surface area contributed by atoms with Crippen LogP contribution in [0.15, 0.2) is 77.3 Å². The second kappa shape index (κ2) is 9.19. The molecule has 2 amide bonds. The van der Waals surface area contributed by atoms with E-state index in [1.165, 1.54) is 0 Å². The number of hydrogen-bond donors (Lipinski definition) is 2. The van der Waals surface area contributed by atoms with Crippen molar-refractivity contribution in [3.8, 4) is 16.9 Å². The Morgan fingerprint density at radius 2 is 1.57 bits per heavy atom. The van der Waals surface area contributed by atoms with E-state index in [-0.39, 0.29) is 6.61 Å². The van der Waals surface area contributed by atoms with Crippen LogP contribution in [0.4, 0.5) is 0 Å². The molecule has 0 spiro atoms. The number of nitrogens with one attached hydrogen (secondary N) is 2. The fourth-order valence-corrected chi connectivity index (χ4v) is 2.87. The normalized spacial score (nSPS) is 10.2. The van der Waals surface area contributed by atoms with E-state index in [9.17, 15) is 9.59 Å². The lowest BCUT2D eigenvalue weighted by Crippen LogP contribution is -2.43. The number of carbonyl (C=O) groups is 2. The van der Waals surface area contributed by atoms with Crippen LogP contribution in [0.1, 0.15) is 15.9 Å². The maximum atomic E-state index is 12.1. The first-order valence-corrected chi connectivity index (χ1v) is 9.46. The van der Waals surface area contributed by atoms with Gasteiger partial charge in [0.05, 0.1) is 0 Å². The summed E-state index contributed by atoms with van der Waals surface area (Å²) in [4.78, 5) is 24.0. The van der Waals surface area contributed by atoms with Crippen LogP contribution >= 0.6 is 15.9 Å². The van der Waals surface area contributed by atoms with E-state index in [1.807, 2.05) is 55.5 Å². The van der Waals surface area contributed by atoms with Crippen LogP contribution in [0.5, 0.6) is 5.75 Å². The average Bonchev–Trinajstić information content (AvgIpc) is 2.73. The summed E-state index contributed by atoms with van der Waals surface area (Å²) in [5.74, 6) is -0.281. The summed E-state index contributed by atoms with van der Waals surface area (Å²) in [5, 5.41) is 0. The minimum atomic E-state index is -0.452. The van der Waals surface area contributed by atoms with Gasteiger partial charge in [-0.1, -0.05) is 64.5 Å². The molecule has 0 aliphatic carbocycles. The van der Waals surface area contributed by atoms with Gasteiger partial charge in [-0.2, -0.15) is 0 Å². The number of aryl methyl sites for hydroxylation is 1. The number of hydrazine groups is 1. The zero-order chi connectivity index (χ0) is 19.9. The monoisotopic (exact) mass is 438 g/mol. The summed E-state index contributed by atoms with van der Waals surface area (Å²) < 4.78 is 6.29. The van der Waals surface area contributed by atoms with Gasteiger partial charge >= 0.3 is 0 Å². The first-order chi connectivity index (χ1) is 13.5. The minimum Gasteiger partial charge on any atom is -0.484 e. The van der Waals surface area contributed by atoms with Crippen molar-refractivity contribution in [2.45, 2.75) is 6.92 Å². The summed E-state index contributed by atoms with van der Waals surface area (Å²) in [7, 11) is 0. The average molecular weight is 439 g/mol. The molecule has 0 unspecified atom stereocenters. The van der Waals surface area contributed by atoms with Crippen molar-refractivity contribution in [1.29, 1.82) is 0 Å². The van der Waals surface area contributed by atoms with Gasteiger partial charge in [0, 0.05) is 10.0 Å². The summed E-state index contributed by atoms with van der Waals surface area (Å²) in [6.07, 6.45) is 0. The number of rotatable bonds is 5. The number of halogens is 1. The largest absolute Gasteiger partial charge is 0.484 e. The van der Waals surface area contributed by atoms with Crippen LogP contribution in [-0.2, 0) is 4.79 Å². The van der Waals surface area contributed by atoms with E-state index in [0.717, 1.165) is 21.2 Å². The first kappa shape index (κ1) is 19.6. The smallest absolute Gasteiger partial charge is 0.276 e. The topological polar surface area (TPSA) is 67.4 Å². The molecular formula is C22H19BrN2O3. The van der Waals surface area contributed by atoms with Crippen LogP contribution in [0.3, 0.4) is 0 Å². The van der Waals surface area contributed by atoms with E-state index in [4.69, 9.17) is 4.74 Å². The molecule has 0 heterocycles. The lowest BCUT2D eigenvalue weighted by Gasteiger charge is -2.10. The fraction of sp³-hybridized carbons (Fsp3) is 0.0909. The molecule has 0 atom stereocenters. The third kappa shape index (κ3) is 5.20. The Morgan fingerprint density at radius 1 is 0.893 bits per heavy atom. The lowest BCUT2D eigenvalue weighted by atomic mass is 10.1. The van der Waals surface area contributed by atoms with Crippen LogP contribution in [-0.4, -0.2) is 18.4 Å². The predicted molar refractivity (Wildman–Crippen MR) is 112 cm³/mol. The molecule has 28 heavy (non-hydrogen) atoms. The molecule has 6 heteroatoms. The molecule has 3 aromatic carbocycles. The zero-order valence-corrected chi connectivity index (χ0v) is 16.8. The van der Waals surface area contributed by atoms with Crippen molar-refractivity contribution >= 4 is 27.7 Å². The molecular weight excluding hydrogens is 420 g/mol. The Labute approximate surface area is 171 Å². The molecule has 0 bridgehead atoms. The molecule has 0 radical (unpaired) electrons. The highest BCUT2D eigenvalue weighted by atomic mass is 79.9. The summed E-state index contributed by atoms with van der Waals surface area (Å²) >= 11 is 3.38. The third-order valence-corrected chi connectivity index (χ3v) is 4.94. The van der Waals surface area contributed by atoms with Gasteiger partial charge in [-0.05, 0) is 47.9 Å². The number of hydrogen-bond acceptors (Lipinski definition) is 3. The summed E-state index contributed by atoms with van der Waals surface area (Å²) in [6, 6.07) is 22.7. The zero-order valence-electron chi connectivity index (χ0n) is 15.2. The second-order valence-electron chi connectivity index (χ2n) is 6.15. The van der Waals surface area contributed by atoms with E-state index >= 15 is 0 Å². The SMILES string of the molecule is Cc1ccc(C(=O)NNC(=O)COc2ccc(-c3ccccc3)cc2)cc1Br. The van der Waals surface area contributed by atoms with Crippen molar-refractivity contribution in [3.63, 3.8) is 0 Å². The number of carbonyl (C=O) groups excluding carboxylic acids is 2. The maximum absolute atomic E-state index is 12.1. The molecule has 3 rings (SSSR count). The molecule has 0 saturated heterocycles. The molecule has 0 aliphatic rings. The number of amides is 2. The van der Waals surface area contributed by atoms with Crippen LogP contribution in [0.2, 0.25) is 0 Å². The van der Waals surface area contributed by atoms with Gasteiger partial charge in [0.15, 0.2) is 6.61 Å². The van der Waals surface area contributed by atoms with E-state index in [0.29, 0.717) is 11.3 Å². The molecule has 0 aromatic heterocycles. The van der Waals surface area contributed by atoms with Crippen LogP contribution in [0, 0.1) is 6.92 Å². The van der Waals surface area contributed by atoms with Crippen molar-refractivity contribution in [2.75, 3.05) is 6.61 Å². The van der Waals surface area contributed by atoms with Gasteiger partial charge in [-0.15, -0.1) is 0 Å². The highest BCUT2D eigenvalue weighted by Crippen LogP contribution is 2.22. The van der Waals surface area contributed by atoms with Gasteiger partial charge in [0.2, 0.25) is 0 Å². The number of benzene rings is 3. The van der Waals surface area contributed by atoms with Crippen molar-refractivity contribution in [2.24, 2.45) is 0 Å². The summed E-state index contributed by atoms with van der Waals surface area (Å²) in [6.45, 7) is 1.72. The van der Waals surface area contributed by atoms with Gasteiger partial charge < -0.3 is 4.74 Å². The number of ether oxygens (including phenoxy) is 1. The van der Waals surface area contributed by atoms with Crippen molar-refractivity contribution in [1.82, 2.24) is 10.9 Å². The minimum absolute atomic E-state index is 0.206. The van der Waals surface area contributed by atoms with Crippen molar-refractivity contribution < 1.29 is 14.3 Å². The standard InChI is InChI=1S/C22H19BrN2O3/c1-15-7-8-18(13-20(15)23)22(27)25-24-21(26)14-28-19-11-9-17(10-12-19)16-5-3-2-4-6-16/h2-13H,14H2,1H3,(H,24,26)(H,25,27). The van der Waals surface area contributed by atoms with E-state index < -0.39 is 11.8 Å². The molecule has 5 nitrogen and oxygen atoms in total. The Bertz CT molecular complexity index is 973. The molecule has 0 fully saturated rings. The third-order valence-electron chi connectivity index (χ3n) is 4.08. The Morgan fingerprint density at radius 3 is 2.25 bits per heavy atom. The predicted octanol–water partition coefficient (Wildman–Crippen LogP) is 4.26. The van der Waals surface area contributed by atoms with Crippen molar-refractivity contribution in [3.05, 3.63) is 88.4 Å². The summed E-state index contributed by atoms with van der Waals surface area (Å²) in [5.41, 5.74) is 8.35. The molecule has 0 saturated carbocycles. The quantitative estimate of drug-likeness (QED) is 0.584. The van der Waals surface area contributed by atoms with Gasteiger partial charge in [-0.25, -0.2) is 0 Å². The van der Waals surface area contributed by atoms with E-state index in [2.05, 4.69) is 26.8 Å². The lowest BCUT2D eigenvalue weighted by molar-refractivity contribution is -0.123. The fourth-order valence-electron chi connectivity index (χ4n) is 2.49. The highest BCUT2D eigenvalue weighted by molar-refractivity contribution is 9.10. The van der Waals surface area contributed by atoms with Crippen LogP contribution in [0.25, 0.3) is 11.1 Å². The van der Waals surface area contributed by atoms with Gasteiger partial charge in [-0.3, -0.25) is 20.4 Å². The Hall–Kier alpha value is -3.12. The molecule has 2 N–H and O–H groups in total. The van der Waals surface area contributed by atoms with Gasteiger partial charge in [0.1, 0.15) is 5.75 Å². The van der Waals surface area contributed by atoms with Gasteiger partial charge in [0.25, 0.3) is 11.8 Å². The second-order valence-corrected chi connectivity index (χ2v) is 7.00. The molecule has 3 aromatic rings.